The van der Waals surface area contributed by atoms with Gasteiger partial charge >= 0.3 is 0 Å². The third-order valence-electron chi connectivity index (χ3n) is 1.73. The molecule has 0 unspecified atom stereocenters. The fourth-order valence-electron chi connectivity index (χ4n) is 1.07. The molecule has 14 heavy (non-hydrogen) atoms. The van der Waals surface area contributed by atoms with Gasteiger partial charge in [-0.3, -0.25) is 4.79 Å². The molecule has 2 rings (SSSR count). The quantitative estimate of drug-likeness (QED) is 0.799. The summed E-state index contributed by atoms with van der Waals surface area (Å²) in [7, 11) is 0. The zero-order valence-electron chi connectivity index (χ0n) is 7.14. The summed E-state index contributed by atoms with van der Waals surface area (Å²) >= 11 is 3.31. The summed E-state index contributed by atoms with van der Waals surface area (Å²) in [6.45, 7) is -0.0714. The maximum Gasteiger partial charge on any atom is 0.219 e. The molecule has 2 heterocycles. The van der Waals surface area contributed by atoms with E-state index < -0.39 is 0 Å². The third kappa shape index (κ3) is 1.53. The monoisotopic (exact) mass is 254 g/mol. The van der Waals surface area contributed by atoms with Crippen LogP contribution in [0, 0.1) is 0 Å². The average Bonchev–Trinajstić information content (AvgIpc) is 2.59. The van der Waals surface area contributed by atoms with Gasteiger partial charge < -0.3 is 5.73 Å². The highest BCUT2D eigenvalue weighted by molar-refractivity contribution is 9.10. The van der Waals surface area contributed by atoms with E-state index in [1.165, 1.54) is 4.52 Å². The number of halogens is 1. The second-order valence-corrected chi connectivity index (χ2v) is 3.63. The van der Waals surface area contributed by atoms with Crippen LogP contribution < -0.4 is 5.73 Å². The van der Waals surface area contributed by atoms with Crippen molar-refractivity contribution in [3.05, 3.63) is 28.6 Å². The van der Waals surface area contributed by atoms with Crippen LogP contribution in [0.25, 0.3) is 5.65 Å². The summed E-state index contributed by atoms with van der Waals surface area (Å²) in [6, 6.07) is 3.60. The number of rotatable bonds is 2. The van der Waals surface area contributed by atoms with E-state index in [-0.39, 0.29) is 18.2 Å². The maximum atomic E-state index is 11.2. The number of nitrogens with zero attached hydrogens (tertiary/aromatic N) is 3. The zero-order valence-corrected chi connectivity index (χ0v) is 8.73. The lowest BCUT2D eigenvalue weighted by Crippen LogP contribution is -2.15. The number of pyridine rings is 1. The summed E-state index contributed by atoms with van der Waals surface area (Å²) < 4.78 is 2.43. The maximum absolute atomic E-state index is 11.2. The molecular formula is C8H7BrN4O. The lowest BCUT2D eigenvalue weighted by atomic mass is 10.4. The second kappa shape index (κ2) is 3.47. The molecule has 72 valence electrons. The van der Waals surface area contributed by atoms with Gasteiger partial charge in [-0.2, -0.15) is 0 Å². The van der Waals surface area contributed by atoms with Crippen molar-refractivity contribution in [2.45, 2.75) is 0 Å². The lowest BCUT2D eigenvalue weighted by molar-refractivity contribution is 0.0992. The Bertz CT molecular complexity index is 493. The molecule has 0 spiro atoms. The van der Waals surface area contributed by atoms with Crippen molar-refractivity contribution >= 4 is 27.4 Å². The van der Waals surface area contributed by atoms with Crippen molar-refractivity contribution in [3.63, 3.8) is 0 Å². The molecular weight excluding hydrogens is 248 g/mol. The van der Waals surface area contributed by atoms with Crippen LogP contribution in [0.1, 0.15) is 10.6 Å². The smallest absolute Gasteiger partial charge is 0.219 e. The fourth-order valence-corrected chi connectivity index (χ4v) is 1.39. The predicted octanol–water partition coefficient (Wildman–Crippen LogP) is 0.633. The fraction of sp³-hybridized carbons (Fsp3) is 0.125. The Morgan fingerprint density at radius 2 is 2.43 bits per heavy atom. The van der Waals surface area contributed by atoms with Gasteiger partial charge in [0.25, 0.3) is 0 Å². The van der Waals surface area contributed by atoms with Crippen LogP contribution in [0.15, 0.2) is 22.8 Å². The first kappa shape index (κ1) is 9.29. The van der Waals surface area contributed by atoms with E-state index in [1.807, 2.05) is 6.07 Å². The van der Waals surface area contributed by atoms with Gasteiger partial charge in [-0.15, -0.1) is 5.10 Å². The van der Waals surface area contributed by atoms with Crippen molar-refractivity contribution < 1.29 is 4.79 Å². The Hall–Kier alpha value is -1.27. The number of Topliss-reactive ketones (excluding diaryl/α,β-unsaturated/α-hetero) is 1. The molecule has 6 heteroatoms. The minimum atomic E-state index is -0.259. The van der Waals surface area contributed by atoms with Gasteiger partial charge in [0.15, 0.2) is 5.65 Å². The van der Waals surface area contributed by atoms with Crippen molar-refractivity contribution in [3.8, 4) is 0 Å². The normalized spacial score (nSPS) is 10.7. The van der Waals surface area contributed by atoms with Gasteiger partial charge in [-0.05, 0) is 12.1 Å². The standard InChI is InChI=1S/C8H7BrN4O/c9-5-1-2-13-7(3-5)11-8(12-13)6(14)4-10/h1-3H,4,10H2. The highest BCUT2D eigenvalue weighted by Gasteiger charge is 2.10. The van der Waals surface area contributed by atoms with E-state index in [1.54, 1.807) is 12.3 Å². The zero-order chi connectivity index (χ0) is 10.1. The molecule has 0 fully saturated rings. The number of carbonyl (C=O) groups is 1. The minimum Gasteiger partial charge on any atom is -0.324 e. The molecule has 0 aliphatic rings. The molecule has 5 nitrogen and oxygen atoms in total. The van der Waals surface area contributed by atoms with Crippen molar-refractivity contribution in [1.82, 2.24) is 14.6 Å². The molecule has 0 amide bonds. The molecule has 0 saturated carbocycles. The van der Waals surface area contributed by atoms with Crippen LogP contribution >= 0.6 is 15.9 Å². The Morgan fingerprint density at radius 3 is 3.14 bits per heavy atom. The van der Waals surface area contributed by atoms with E-state index in [2.05, 4.69) is 26.0 Å². The Morgan fingerprint density at radius 1 is 1.64 bits per heavy atom. The molecule has 0 saturated heterocycles. The molecule has 0 aliphatic carbocycles. The SMILES string of the molecule is NCC(=O)c1nc2cc(Br)ccn2n1. The lowest BCUT2D eigenvalue weighted by Gasteiger charge is -1.89. The summed E-state index contributed by atoms with van der Waals surface area (Å²) in [5.74, 6) is -0.101. The Kier molecular flexibility index (Phi) is 2.30. The van der Waals surface area contributed by atoms with Crippen LogP contribution in [0.4, 0.5) is 0 Å². The molecule has 0 aliphatic heterocycles. The van der Waals surface area contributed by atoms with E-state index in [0.717, 1.165) is 4.47 Å². The van der Waals surface area contributed by atoms with Gasteiger partial charge in [0, 0.05) is 10.7 Å². The molecule has 0 bridgehead atoms. The van der Waals surface area contributed by atoms with E-state index in [0.29, 0.717) is 5.65 Å². The number of aromatic nitrogens is 3. The first-order chi connectivity index (χ1) is 6.70. The van der Waals surface area contributed by atoms with Crippen molar-refractivity contribution in [1.29, 1.82) is 0 Å². The van der Waals surface area contributed by atoms with Gasteiger partial charge in [-0.25, -0.2) is 9.50 Å². The summed E-state index contributed by atoms with van der Waals surface area (Å²) in [4.78, 5) is 15.2. The number of ketones is 1. The summed E-state index contributed by atoms with van der Waals surface area (Å²) in [5, 5.41) is 3.98. The summed E-state index contributed by atoms with van der Waals surface area (Å²) in [6.07, 6.45) is 1.72. The third-order valence-corrected chi connectivity index (χ3v) is 2.23. The van der Waals surface area contributed by atoms with E-state index in [9.17, 15) is 4.79 Å². The van der Waals surface area contributed by atoms with Gasteiger partial charge in [0.1, 0.15) is 0 Å². The largest absolute Gasteiger partial charge is 0.324 e. The van der Waals surface area contributed by atoms with Gasteiger partial charge in [0.2, 0.25) is 11.6 Å². The molecule has 0 radical (unpaired) electrons. The number of hydrogen-bond donors (Lipinski definition) is 1. The van der Waals surface area contributed by atoms with Gasteiger partial charge in [0.05, 0.1) is 6.54 Å². The summed E-state index contributed by atoms with van der Waals surface area (Å²) in [5.41, 5.74) is 5.83. The number of fused-ring (bicyclic) bond motifs is 1. The van der Waals surface area contributed by atoms with Crippen LogP contribution in [-0.4, -0.2) is 26.9 Å². The molecule has 2 N–H and O–H groups in total. The van der Waals surface area contributed by atoms with Crippen LogP contribution in [0.3, 0.4) is 0 Å². The Balaban J connectivity index is 2.56. The highest BCUT2D eigenvalue weighted by atomic mass is 79.9. The van der Waals surface area contributed by atoms with Crippen LogP contribution in [-0.2, 0) is 0 Å². The number of hydrogen-bond acceptors (Lipinski definition) is 4. The Labute approximate surface area is 88.1 Å². The van der Waals surface area contributed by atoms with E-state index in [4.69, 9.17) is 5.73 Å². The minimum absolute atomic E-state index is 0.0714. The second-order valence-electron chi connectivity index (χ2n) is 2.71. The molecule has 0 aromatic carbocycles. The van der Waals surface area contributed by atoms with Crippen LogP contribution in [0.5, 0.6) is 0 Å². The molecule has 2 aromatic rings. The van der Waals surface area contributed by atoms with Crippen molar-refractivity contribution in [2.75, 3.05) is 6.54 Å². The first-order valence-electron chi connectivity index (χ1n) is 3.96. The predicted molar refractivity (Wildman–Crippen MR) is 54.1 cm³/mol. The molecule has 2 aromatic heterocycles. The van der Waals surface area contributed by atoms with Gasteiger partial charge in [-0.1, -0.05) is 15.9 Å². The highest BCUT2D eigenvalue weighted by Crippen LogP contribution is 2.11. The average molecular weight is 255 g/mol. The van der Waals surface area contributed by atoms with Crippen molar-refractivity contribution in [2.24, 2.45) is 5.73 Å². The first-order valence-corrected chi connectivity index (χ1v) is 4.75. The number of carbonyl (C=O) groups excluding carboxylic acids is 1. The van der Waals surface area contributed by atoms with Crippen LogP contribution in [0.2, 0.25) is 0 Å². The van der Waals surface area contributed by atoms with E-state index >= 15 is 0 Å². The topological polar surface area (TPSA) is 73.3 Å². The molecule has 0 atom stereocenters. The number of nitrogens with two attached hydrogens (primary N) is 1.